The first-order valence-corrected chi connectivity index (χ1v) is 6.44. The summed E-state index contributed by atoms with van der Waals surface area (Å²) >= 11 is 0. The number of aromatic nitrogens is 1. The van der Waals surface area contributed by atoms with Crippen molar-refractivity contribution in [2.75, 3.05) is 0 Å². The minimum Gasteiger partial charge on any atom is -0.343 e. The van der Waals surface area contributed by atoms with Crippen molar-refractivity contribution in [3.8, 4) is 0 Å². The van der Waals surface area contributed by atoms with E-state index in [1.807, 2.05) is 18.3 Å². The molecule has 0 aliphatic heterocycles. The van der Waals surface area contributed by atoms with Crippen LogP contribution in [0.1, 0.15) is 16.7 Å². The maximum absolute atomic E-state index is 13.2. The summed E-state index contributed by atoms with van der Waals surface area (Å²) in [4.78, 5) is 0. The first-order valence-electron chi connectivity index (χ1n) is 6.44. The molecule has 2 aromatic carbocycles. The second kappa shape index (κ2) is 4.54. The van der Waals surface area contributed by atoms with Gasteiger partial charge in [0, 0.05) is 23.6 Å². The predicted molar refractivity (Wildman–Crippen MR) is 76.9 cm³/mol. The third-order valence-corrected chi connectivity index (χ3v) is 3.71. The molecule has 1 nitrogen and oxygen atoms in total. The molecule has 0 N–H and O–H groups in total. The quantitative estimate of drug-likeness (QED) is 0.636. The molecular formula is C17H16FN. The Morgan fingerprint density at radius 1 is 1.00 bits per heavy atom. The van der Waals surface area contributed by atoms with Crippen molar-refractivity contribution in [2.24, 2.45) is 0 Å². The summed E-state index contributed by atoms with van der Waals surface area (Å²) in [5.74, 6) is -0.183. The van der Waals surface area contributed by atoms with Crippen LogP contribution in [0.3, 0.4) is 0 Å². The highest BCUT2D eigenvalue weighted by Crippen LogP contribution is 2.21. The molecule has 0 saturated heterocycles. The van der Waals surface area contributed by atoms with Crippen LogP contribution >= 0.6 is 0 Å². The van der Waals surface area contributed by atoms with Gasteiger partial charge in [-0.1, -0.05) is 18.2 Å². The molecule has 0 aliphatic rings. The fourth-order valence-electron chi connectivity index (χ4n) is 2.58. The highest BCUT2D eigenvalue weighted by Gasteiger charge is 2.06. The Kier molecular flexibility index (Phi) is 2.86. The molecule has 0 unspecified atom stereocenters. The molecule has 1 heterocycles. The molecule has 0 bridgehead atoms. The first-order chi connectivity index (χ1) is 9.15. The van der Waals surface area contributed by atoms with E-state index in [1.165, 1.54) is 22.8 Å². The summed E-state index contributed by atoms with van der Waals surface area (Å²) in [6.07, 6.45) is 2.02. The van der Waals surface area contributed by atoms with Gasteiger partial charge in [0.15, 0.2) is 0 Å². The van der Waals surface area contributed by atoms with Crippen molar-refractivity contribution in [2.45, 2.75) is 20.4 Å². The molecule has 19 heavy (non-hydrogen) atoms. The fraction of sp³-hybridized carbons (Fsp3) is 0.176. The van der Waals surface area contributed by atoms with E-state index in [-0.39, 0.29) is 5.82 Å². The molecule has 3 rings (SSSR count). The van der Waals surface area contributed by atoms with Gasteiger partial charge in [0.1, 0.15) is 5.82 Å². The lowest BCUT2D eigenvalue weighted by Gasteiger charge is -2.11. The first kappa shape index (κ1) is 12.0. The van der Waals surface area contributed by atoms with Gasteiger partial charge in [0.05, 0.1) is 0 Å². The van der Waals surface area contributed by atoms with Crippen molar-refractivity contribution in [1.29, 1.82) is 0 Å². The summed E-state index contributed by atoms with van der Waals surface area (Å²) < 4.78 is 15.4. The van der Waals surface area contributed by atoms with Crippen LogP contribution in [-0.2, 0) is 6.54 Å². The fourth-order valence-corrected chi connectivity index (χ4v) is 2.58. The lowest BCUT2D eigenvalue weighted by atomic mass is 10.0. The SMILES string of the molecule is Cc1cccc(C)c1Cn1ccc2cc(F)ccc21. The van der Waals surface area contributed by atoms with E-state index in [0.29, 0.717) is 0 Å². The second-order valence-corrected chi connectivity index (χ2v) is 5.02. The van der Waals surface area contributed by atoms with E-state index in [1.54, 1.807) is 6.07 Å². The minimum absolute atomic E-state index is 0.183. The van der Waals surface area contributed by atoms with Gasteiger partial charge in [-0.05, 0) is 54.8 Å². The number of hydrogen-bond acceptors (Lipinski definition) is 0. The van der Waals surface area contributed by atoms with Gasteiger partial charge in [-0.25, -0.2) is 4.39 Å². The van der Waals surface area contributed by atoms with E-state index in [9.17, 15) is 4.39 Å². The van der Waals surface area contributed by atoms with Crippen molar-refractivity contribution in [1.82, 2.24) is 4.57 Å². The van der Waals surface area contributed by atoms with Crippen LogP contribution in [0.4, 0.5) is 4.39 Å². The van der Waals surface area contributed by atoms with Crippen molar-refractivity contribution >= 4 is 10.9 Å². The van der Waals surface area contributed by atoms with Crippen LogP contribution in [0.2, 0.25) is 0 Å². The molecule has 0 spiro atoms. The Bertz CT molecular complexity index is 720. The zero-order valence-electron chi connectivity index (χ0n) is 11.2. The molecular weight excluding hydrogens is 237 g/mol. The lowest BCUT2D eigenvalue weighted by Crippen LogP contribution is -2.02. The van der Waals surface area contributed by atoms with E-state index >= 15 is 0 Å². The third kappa shape index (κ3) is 2.14. The molecule has 0 saturated carbocycles. The molecule has 1 aromatic heterocycles. The van der Waals surface area contributed by atoms with Crippen LogP contribution in [0.15, 0.2) is 48.7 Å². The number of aryl methyl sites for hydroxylation is 2. The molecule has 0 aliphatic carbocycles. The van der Waals surface area contributed by atoms with E-state index in [2.05, 4.69) is 36.6 Å². The Hall–Kier alpha value is -2.09. The maximum atomic E-state index is 13.2. The summed E-state index contributed by atoms with van der Waals surface area (Å²) in [6, 6.07) is 13.3. The Morgan fingerprint density at radius 3 is 2.47 bits per heavy atom. The molecule has 0 atom stereocenters. The number of nitrogens with zero attached hydrogens (tertiary/aromatic N) is 1. The van der Waals surface area contributed by atoms with Crippen molar-refractivity contribution in [3.05, 3.63) is 71.2 Å². The Morgan fingerprint density at radius 2 is 1.74 bits per heavy atom. The maximum Gasteiger partial charge on any atom is 0.123 e. The predicted octanol–water partition coefficient (Wildman–Crippen LogP) is 4.45. The van der Waals surface area contributed by atoms with E-state index in [0.717, 1.165) is 17.4 Å². The molecule has 96 valence electrons. The van der Waals surface area contributed by atoms with Crippen molar-refractivity contribution < 1.29 is 4.39 Å². The van der Waals surface area contributed by atoms with Crippen LogP contribution in [0.5, 0.6) is 0 Å². The zero-order chi connectivity index (χ0) is 13.4. The highest BCUT2D eigenvalue weighted by molar-refractivity contribution is 5.80. The molecule has 0 radical (unpaired) electrons. The highest BCUT2D eigenvalue weighted by atomic mass is 19.1. The normalized spacial score (nSPS) is 11.1. The number of rotatable bonds is 2. The average molecular weight is 253 g/mol. The van der Waals surface area contributed by atoms with Crippen LogP contribution in [0.25, 0.3) is 10.9 Å². The number of halogens is 1. The largest absolute Gasteiger partial charge is 0.343 e. The third-order valence-electron chi connectivity index (χ3n) is 3.71. The molecule has 3 aromatic rings. The van der Waals surface area contributed by atoms with Crippen LogP contribution in [0, 0.1) is 19.7 Å². The summed E-state index contributed by atoms with van der Waals surface area (Å²) in [5, 5.41) is 0.950. The number of benzene rings is 2. The average Bonchev–Trinajstić information content (AvgIpc) is 2.76. The number of fused-ring (bicyclic) bond motifs is 1. The summed E-state index contributed by atoms with van der Waals surface area (Å²) in [5.41, 5.74) is 5.00. The van der Waals surface area contributed by atoms with E-state index in [4.69, 9.17) is 0 Å². The standard InChI is InChI=1S/C17H16FN/c1-12-4-3-5-13(2)16(12)11-19-9-8-14-10-15(18)6-7-17(14)19/h3-10H,11H2,1-2H3. The van der Waals surface area contributed by atoms with Gasteiger partial charge in [-0.2, -0.15) is 0 Å². The molecule has 0 amide bonds. The summed E-state index contributed by atoms with van der Waals surface area (Å²) in [7, 11) is 0. The molecule has 2 heteroatoms. The minimum atomic E-state index is -0.183. The summed E-state index contributed by atoms with van der Waals surface area (Å²) in [6.45, 7) is 5.09. The van der Waals surface area contributed by atoms with Gasteiger partial charge >= 0.3 is 0 Å². The van der Waals surface area contributed by atoms with Crippen molar-refractivity contribution in [3.63, 3.8) is 0 Å². The number of hydrogen-bond donors (Lipinski definition) is 0. The van der Waals surface area contributed by atoms with E-state index < -0.39 is 0 Å². The topological polar surface area (TPSA) is 4.93 Å². The van der Waals surface area contributed by atoms with Crippen LogP contribution in [-0.4, -0.2) is 4.57 Å². The monoisotopic (exact) mass is 253 g/mol. The van der Waals surface area contributed by atoms with Gasteiger partial charge in [0.25, 0.3) is 0 Å². The van der Waals surface area contributed by atoms with Gasteiger partial charge in [0.2, 0.25) is 0 Å². The Labute approximate surface area is 112 Å². The van der Waals surface area contributed by atoms with Gasteiger partial charge in [-0.3, -0.25) is 0 Å². The van der Waals surface area contributed by atoms with Gasteiger partial charge in [-0.15, -0.1) is 0 Å². The lowest BCUT2D eigenvalue weighted by molar-refractivity contribution is 0.629. The van der Waals surface area contributed by atoms with Gasteiger partial charge < -0.3 is 4.57 Å². The smallest absolute Gasteiger partial charge is 0.123 e. The van der Waals surface area contributed by atoms with Crippen LogP contribution < -0.4 is 0 Å². The molecule has 0 fully saturated rings. The second-order valence-electron chi connectivity index (χ2n) is 5.02. The zero-order valence-corrected chi connectivity index (χ0v) is 11.2. The Balaban J connectivity index is 2.06.